The topological polar surface area (TPSA) is 163 Å². The second-order valence-corrected chi connectivity index (χ2v) is 15.2. The summed E-state index contributed by atoms with van der Waals surface area (Å²) in [5.74, 6) is -1.19. The predicted octanol–water partition coefficient (Wildman–Crippen LogP) is 9.19. The van der Waals surface area contributed by atoms with E-state index in [1.54, 1.807) is 139 Å². The Bertz CT molecular complexity index is 1810. The van der Waals surface area contributed by atoms with E-state index >= 15 is 0 Å². The molecule has 13 nitrogen and oxygen atoms in total. The lowest BCUT2D eigenvalue weighted by molar-refractivity contribution is 0.0562. The average molecular weight is 731 g/mol. The number of hydrogen-bond donors (Lipinski definition) is 3. The molecule has 3 amide bonds. The molecular weight excluding hydrogens is 687 g/mol. The van der Waals surface area contributed by atoms with Crippen LogP contribution in [0.4, 0.5) is 20.1 Å². The van der Waals surface area contributed by atoms with Crippen molar-refractivity contribution < 1.29 is 42.2 Å². The lowest BCUT2D eigenvalue weighted by Crippen LogP contribution is -2.40. The number of anilines is 1. The number of nitrogens with zero attached hydrogens (tertiary/aromatic N) is 1. The molecule has 0 spiro atoms. The minimum absolute atomic E-state index is 0.0456. The first-order valence-electron chi connectivity index (χ1n) is 16.3. The summed E-state index contributed by atoms with van der Waals surface area (Å²) in [6, 6.07) is 32.1. The number of carbonyl (C=O) groups excluding carboxylic acids is 3. The molecule has 0 aliphatic carbocycles. The fraction of sp³-hybridized carbons (Fsp3) is 0.263. The molecule has 1 unspecified atom stereocenters. The third-order valence-corrected chi connectivity index (χ3v) is 8.43. The van der Waals surface area contributed by atoms with Crippen LogP contribution in [0, 0.1) is 0 Å². The second-order valence-electron chi connectivity index (χ2n) is 13.3. The molecule has 0 saturated carbocycles. The van der Waals surface area contributed by atoms with E-state index in [1.807, 2.05) is 18.2 Å². The number of carbonyl (C=O) groups is 3. The van der Waals surface area contributed by atoms with Crippen molar-refractivity contribution in [3.05, 3.63) is 126 Å². The van der Waals surface area contributed by atoms with E-state index in [2.05, 4.69) is 20.9 Å². The highest BCUT2D eigenvalue weighted by Gasteiger charge is 2.42. The van der Waals surface area contributed by atoms with Crippen LogP contribution in [-0.4, -0.2) is 35.4 Å². The van der Waals surface area contributed by atoms with Crippen molar-refractivity contribution >= 4 is 37.5 Å². The first-order valence-corrected chi connectivity index (χ1v) is 17.9. The van der Waals surface area contributed by atoms with Crippen molar-refractivity contribution in [1.29, 1.82) is 0 Å². The van der Waals surface area contributed by atoms with Crippen molar-refractivity contribution in [3.63, 3.8) is 0 Å². The van der Waals surface area contributed by atoms with Crippen LogP contribution >= 0.6 is 7.60 Å². The van der Waals surface area contributed by atoms with Gasteiger partial charge in [-0.25, -0.2) is 18.9 Å². The third kappa shape index (κ3) is 13.1. The molecule has 274 valence electrons. The highest BCUT2D eigenvalue weighted by molar-refractivity contribution is 7.55. The summed E-state index contributed by atoms with van der Waals surface area (Å²) in [5, 5.41) is 7.98. The largest absolute Gasteiger partial charge is 0.457 e. The lowest BCUT2D eigenvalue weighted by Gasteiger charge is -2.28. The number of hydrogen-bond acceptors (Lipinski definition) is 9. The first-order chi connectivity index (χ1) is 24.6. The molecule has 0 radical (unpaired) electrons. The van der Waals surface area contributed by atoms with Gasteiger partial charge in [-0.05, 0) is 89.1 Å². The van der Waals surface area contributed by atoms with Gasteiger partial charge in [0.15, 0.2) is 5.78 Å². The lowest BCUT2D eigenvalue weighted by atomic mass is 10.2. The summed E-state index contributed by atoms with van der Waals surface area (Å²) in [7, 11) is -4.36. The molecule has 14 heteroatoms. The number of amides is 3. The van der Waals surface area contributed by atoms with Crippen LogP contribution in [0.3, 0.4) is 0 Å². The molecule has 0 aromatic heterocycles. The number of rotatable bonds is 10. The fourth-order valence-corrected chi connectivity index (χ4v) is 6.23. The number of benzene rings is 4. The van der Waals surface area contributed by atoms with Gasteiger partial charge in [-0.15, -0.1) is 4.99 Å². The third-order valence-electron chi connectivity index (χ3n) is 6.44. The molecule has 0 saturated heterocycles. The van der Waals surface area contributed by atoms with Gasteiger partial charge in [0.25, 0.3) is 0 Å². The van der Waals surface area contributed by atoms with E-state index in [9.17, 15) is 18.9 Å². The van der Waals surface area contributed by atoms with Gasteiger partial charge in [-0.2, -0.15) is 0 Å². The number of nitrogens with one attached hydrogen (secondary N) is 3. The van der Waals surface area contributed by atoms with E-state index in [4.69, 9.17) is 23.3 Å². The van der Waals surface area contributed by atoms with Gasteiger partial charge in [0, 0.05) is 5.69 Å². The molecule has 1 atom stereocenters. The Labute approximate surface area is 303 Å². The molecule has 4 aromatic rings. The Morgan fingerprint density at radius 2 is 1.17 bits per heavy atom. The van der Waals surface area contributed by atoms with Gasteiger partial charge in [-0.3, -0.25) is 5.32 Å². The number of guanidine groups is 1. The minimum Gasteiger partial charge on any atom is -0.445 e. The highest BCUT2D eigenvalue weighted by Crippen LogP contribution is 2.59. The first kappa shape index (κ1) is 39.0. The summed E-state index contributed by atoms with van der Waals surface area (Å²) in [6.45, 7) is 10.1. The van der Waals surface area contributed by atoms with Gasteiger partial charge >= 0.3 is 25.9 Å². The van der Waals surface area contributed by atoms with Crippen molar-refractivity contribution in [2.45, 2.75) is 65.1 Å². The molecule has 0 fully saturated rings. The monoisotopic (exact) mass is 730 g/mol. The van der Waals surface area contributed by atoms with Crippen LogP contribution in [0.25, 0.3) is 0 Å². The Kier molecular flexibility index (Phi) is 13.1. The van der Waals surface area contributed by atoms with Crippen LogP contribution in [-0.2, 0) is 25.4 Å². The molecule has 0 aliphatic heterocycles. The summed E-state index contributed by atoms with van der Waals surface area (Å²) in [5.41, 5.74) is -0.276. The standard InChI is InChI=1S/C38H43N4O9P/c1-37(2,3)48-35(44)41-33(42-36(45)49-38(4,5)6)39-29-24-22-28(23-25-29)32(40-34(43)47-26-27-16-10-7-11-17-27)52(46,50-30-18-12-8-13-19-30)51-31-20-14-9-15-21-31/h7-25,32H,26H2,1-6H3,(H,40,43)(H2,39,41,42,44,45). The maximum Gasteiger partial charge on any atom is 0.457 e. The smallest absolute Gasteiger partial charge is 0.445 e. The minimum atomic E-state index is -4.36. The molecule has 3 N–H and O–H groups in total. The average Bonchev–Trinajstić information content (AvgIpc) is 3.06. The highest BCUT2D eigenvalue weighted by atomic mass is 31.2. The maximum atomic E-state index is 14.9. The zero-order valence-electron chi connectivity index (χ0n) is 29.8. The van der Waals surface area contributed by atoms with Crippen LogP contribution in [0.15, 0.2) is 120 Å². The van der Waals surface area contributed by atoms with E-state index in [-0.39, 0.29) is 24.1 Å². The zero-order valence-corrected chi connectivity index (χ0v) is 30.7. The molecule has 4 rings (SSSR count). The maximum absolute atomic E-state index is 14.9. The Hall–Kier alpha value is -5.81. The normalized spacial score (nSPS) is 12.5. The van der Waals surface area contributed by atoms with Crippen molar-refractivity contribution in [2.24, 2.45) is 4.99 Å². The van der Waals surface area contributed by atoms with Crippen molar-refractivity contribution in [3.8, 4) is 11.5 Å². The SMILES string of the molecule is CC(C)(C)OC(=O)/N=C(\NC(=O)OC(C)(C)C)Nc1ccc(C(NC(=O)OCc2ccccc2)P(=O)(Oc2ccccc2)Oc2ccccc2)cc1. The van der Waals surface area contributed by atoms with Crippen molar-refractivity contribution in [1.82, 2.24) is 10.6 Å². The molecule has 4 aromatic carbocycles. The summed E-state index contributed by atoms with van der Waals surface area (Å²) in [6.07, 6.45) is -2.70. The van der Waals surface area contributed by atoms with E-state index in [0.29, 0.717) is 11.3 Å². The predicted molar refractivity (Wildman–Crippen MR) is 197 cm³/mol. The Morgan fingerprint density at radius 1 is 0.673 bits per heavy atom. The molecule has 52 heavy (non-hydrogen) atoms. The number of ether oxygens (including phenoxy) is 3. The van der Waals surface area contributed by atoms with Crippen LogP contribution in [0.1, 0.15) is 58.5 Å². The second kappa shape index (κ2) is 17.4. The fourth-order valence-electron chi connectivity index (χ4n) is 4.35. The molecule has 0 heterocycles. The Morgan fingerprint density at radius 3 is 1.67 bits per heavy atom. The zero-order chi connectivity index (χ0) is 37.8. The summed E-state index contributed by atoms with van der Waals surface area (Å²) in [4.78, 5) is 42.3. The number of para-hydroxylation sites is 2. The summed E-state index contributed by atoms with van der Waals surface area (Å²) >= 11 is 0. The van der Waals surface area contributed by atoms with Gasteiger partial charge in [0.1, 0.15) is 29.3 Å². The van der Waals surface area contributed by atoms with Crippen LogP contribution in [0.5, 0.6) is 11.5 Å². The van der Waals surface area contributed by atoms with Crippen LogP contribution in [0.2, 0.25) is 0 Å². The number of alkyl carbamates (subject to hydrolysis) is 2. The Balaban J connectivity index is 1.68. The van der Waals surface area contributed by atoms with Crippen LogP contribution < -0.4 is 25.0 Å². The molecule has 0 bridgehead atoms. The van der Waals surface area contributed by atoms with Gasteiger partial charge in [0.05, 0.1) is 0 Å². The molecule has 0 aliphatic rings. The number of aliphatic imine (C=N–C) groups is 1. The quantitative estimate of drug-likeness (QED) is 0.0620. The van der Waals surface area contributed by atoms with E-state index in [0.717, 1.165) is 5.56 Å². The molecular formula is C38H43N4O9P. The van der Waals surface area contributed by atoms with Gasteiger partial charge in [-0.1, -0.05) is 78.9 Å². The summed E-state index contributed by atoms with van der Waals surface area (Å²) < 4.78 is 43.2. The van der Waals surface area contributed by atoms with E-state index in [1.165, 1.54) is 0 Å². The van der Waals surface area contributed by atoms with Crippen molar-refractivity contribution in [2.75, 3.05) is 5.32 Å². The van der Waals surface area contributed by atoms with Gasteiger partial charge < -0.3 is 33.9 Å². The van der Waals surface area contributed by atoms with E-state index < -0.39 is 42.9 Å². The van der Waals surface area contributed by atoms with Gasteiger partial charge in [0.2, 0.25) is 5.96 Å².